The fourth-order valence-corrected chi connectivity index (χ4v) is 2.19. The molecule has 1 heterocycles. The number of hydrogen-bond acceptors (Lipinski definition) is 3. The van der Waals surface area contributed by atoms with Gasteiger partial charge in [-0.25, -0.2) is 4.79 Å². The highest BCUT2D eigenvalue weighted by molar-refractivity contribution is 5.28. The second-order valence-corrected chi connectivity index (χ2v) is 4.38. The number of para-hydroxylation sites is 1. The molecule has 0 saturated heterocycles. The predicted molar refractivity (Wildman–Crippen MR) is 67.6 cm³/mol. The molecule has 5 nitrogen and oxygen atoms in total. The molecule has 1 aliphatic carbocycles. The first-order valence-corrected chi connectivity index (χ1v) is 6.13. The molecule has 0 radical (unpaired) electrons. The van der Waals surface area contributed by atoms with Gasteiger partial charge in [0.05, 0.1) is 11.7 Å². The standard InChI is InChI=1S/C13H14N4O/c18-13-16(11-7-3-1-4-8-11)14-15-17(13)12-9-5-2-6-10-12/h1,3-5,7-9,12H,2,6,10H2. The monoisotopic (exact) mass is 242 g/mol. The van der Waals surface area contributed by atoms with Gasteiger partial charge in [-0.2, -0.15) is 9.36 Å². The maximum Gasteiger partial charge on any atom is 0.369 e. The molecule has 18 heavy (non-hydrogen) atoms. The van der Waals surface area contributed by atoms with Crippen molar-refractivity contribution >= 4 is 0 Å². The van der Waals surface area contributed by atoms with Gasteiger partial charge in [-0.15, -0.1) is 0 Å². The Bertz CT molecular complexity index is 611. The number of allylic oxidation sites excluding steroid dienone is 2. The van der Waals surface area contributed by atoms with E-state index in [9.17, 15) is 4.79 Å². The summed E-state index contributed by atoms with van der Waals surface area (Å²) >= 11 is 0. The van der Waals surface area contributed by atoms with E-state index >= 15 is 0 Å². The molecule has 1 aliphatic rings. The summed E-state index contributed by atoms with van der Waals surface area (Å²) in [6.07, 6.45) is 7.25. The summed E-state index contributed by atoms with van der Waals surface area (Å²) in [7, 11) is 0. The van der Waals surface area contributed by atoms with E-state index < -0.39 is 0 Å². The molecule has 1 aromatic heterocycles. The molecule has 5 heteroatoms. The highest BCUT2D eigenvalue weighted by atomic mass is 16.2. The van der Waals surface area contributed by atoms with E-state index in [0.717, 1.165) is 24.9 Å². The number of hydrogen-bond donors (Lipinski definition) is 0. The van der Waals surface area contributed by atoms with E-state index in [-0.39, 0.29) is 11.7 Å². The van der Waals surface area contributed by atoms with Crippen molar-refractivity contribution < 1.29 is 0 Å². The van der Waals surface area contributed by atoms with Crippen LogP contribution in [0.15, 0.2) is 47.3 Å². The summed E-state index contributed by atoms with van der Waals surface area (Å²) in [5, 5.41) is 7.93. The SMILES string of the molecule is O=c1n(-c2ccccc2)nnn1C1C=CCCC1. The molecular formula is C13H14N4O. The lowest BCUT2D eigenvalue weighted by atomic mass is 10.0. The largest absolute Gasteiger partial charge is 0.369 e. The first kappa shape index (κ1) is 11.0. The second-order valence-electron chi connectivity index (χ2n) is 4.38. The highest BCUT2D eigenvalue weighted by Gasteiger charge is 2.17. The summed E-state index contributed by atoms with van der Waals surface area (Å²) in [4.78, 5) is 12.2. The maximum atomic E-state index is 12.2. The van der Waals surface area contributed by atoms with E-state index in [0.29, 0.717) is 0 Å². The Balaban J connectivity index is 2.00. The molecule has 0 bridgehead atoms. The van der Waals surface area contributed by atoms with Gasteiger partial charge < -0.3 is 0 Å². The number of benzene rings is 1. The van der Waals surface area contributed by atoms with Gasteiger partial charge >= 0.3 is 5.69 Å². The molecule has 0 spiro atoms. The van der Waals surface area contributed by atoms with Crippen LogP contribution in [0.5, 0.6) is 0 Å². The van der Waals surface area contributed by atoms with E-state index in [1.807, 2.05) is 36.4 Å². The summed E-state index contributed by atoms with van der Waals surface area (Å²) in [6, 6.07) is 9.39. The summed E-state index contributed by atoms with van der Waals surface area (Å²) < 4.78 is 2.80. The van der Waals surface area contributed by atoms with Crippen LogP contribution >= 0.6 is 0 Å². The van der Waals surface area contributed by atoms with E-state index in [2.05, 4.69) is 16.5 Å². The van der Waals surface area contributed by atoms with E-state index in [1.54, 1.807) is 0 Å². The quantitative estimate of drug-likeness (QED) is 0.753. The van der Waals surface area contributed by atoms with Gasteiger partial charge in [-0.3, -0.25) is 0 Å². The van der Waals surface area contributed by atoms with E-state index in [4.69, 9.17) is 0 Å². The third-order valence-electron chi connectivity index (χ3n) is 3.15. The van der Waals surface area contributed by atoms with Crippen molar-refractivity contribution in [3.8, 4) is 5.69 Å². The Kier molecular flexibility index (Phi) is 2.80. The molecule has 2 aromatic rings. The Morgan fingerprint density at radius 1 is 1.17 bits per heavy atom. The summed E-state index contributed by atoms with van der Waals surface area (Å²) in [5.74, 6) is 0. The Hall–Kier alpha value is -2.17. The minimum atomic E-state index is -0.183. The van der Waals surface area contributed by atoms with Crippen molar-refractivity contribution in [1.29, 1.82) is 0 Å². The van der Waals surface area contributed by atoms with Crippen LogP contribution in [0.3, 0.4) is 0 Å². The molecule has 92 valence electrons. The number of tetrazole rings is 1. The molecule has 0 fully saturated rings. The zero-order valence-electron chi connectivity index (χ0n) is 9.94. The van der Waals surface area contributed by atoms with E-state index in [1.165, 1.54) is 9.36 Å². The molecule has 3 rings (SSSR count). The maximum absolute atomic E-state index is 12.2. The second kappa shape index (κ2) is 4.60. The third kappa shape index (κ3) is 1.88. The lowest BCUT2D eigenvalue weighted by Gasteiger charge is -2.14. The lowest BCUT2D eigenvalue weighted by molar-refractivity contribution is 0.452. The lowest BCUT2D eigenvalue weighted by Crippen LogP contribution is -2.27. The average molecular weight is 242 g/mol. The smallest absolute Gasteiger partial charge is 0.244 e. The van der Waals surface area contributed by atoms with Crippen LogP contribution in [-0.2, 0) is 0 Å². The van der Waals surface area contributed by atoms with Gasteiger partial charge in [0.2, 0.25) is 0 Å². The Morgan fingerprint density at radius 3 is 2.72 bits per heavy atom. The molecule has 1 unspecified atom stereocenters. The Labute approximate surface area is 104 Å². The fraction of sp³-hybridized carbons (Fsp3) is 0.308. The minimum Gasteiger partial charge on any atom is -0.244 e. The number of aromatic nitrogens is 4. The van der Waals surface area contributed by atoms with Crippen molar-refractivity contribution in [3.05, 3.63) is 53.0 Å². The first-order chi connectivity index (χ1) is 8.86. The topological polar surface area (TPSA) is 52.7 Å². The predicted octanol–water partition coefficient (Wildman–Crippen LogP) is 1.71. The molecule has 0 saturated carbocycles. The van der Waals surface area contributed by atoms with Gasteiger partial charge in [0.15, 0.2) is 0 Å². The van der Waals surface area contributed by atoms with Gasteiger partial charge in [-0.05, 0) is 41.8 Å². The van der Waals surface area contributed by atoms with Crippen molar-refractivity contribution in [3.63, 3.8) is 0 Å². The molecule has 0 amide bonds. The van der Waals surface area contributed by atoms with Crippen LogP contribution < -0.4 is 5.69 Å². The third-order valence-corrected chi connectivity index (χ3v) is 3.15. The van der Waals surface area contributed by atoms with Crippen LogP contribution in [0.4, 0.5) is 0 Å². The molecule has 0 aliphatic heterocycles. The first-order valence-electron chi connectivity index (χ1n) is 6.13. The van der Waals surface area contributed by atoms with Gasteiger partial charge in [0.1, 0.15) is 0 Å². The van der Waals surface area contributed by atoms with Crippen molar-refractivity contribution in [1.82, 2.24) is 19.8 Å². The Morgan fingerprint density at radius 2 is 2.00 bits per heavy atom. The summed E-state index contributed by atoms with van der Waals surface area (Å²) in [5.41, 5.74) is 0.561. The molecule has 1 aromatic carbocycles. The van der Waals surface area contributed by atoms with Crippen LogP contribution in [0.25, 0.3) is 5.69 Å². The van der Waals surface area contributed by atoms with Gasteiger partial charge in [-0.1, -0.05) is 30.4 Å². The minimum absolute atomic E-state index is 0.0451. The average Bonchev–Trinajstić information content (AvgIpc) is 2.83. The number of nitrogens with zero attached hydrogens (tertiary/aromatic N) is 4. The zero-order valence-corrected chi connectivity index (χ0v) is 9.94. The van der Waals surface area contributed by atoms with Crippen molar-refractivity contribution in [2.45, 2.75) is 25.3 Å². The van der Waals surface area contributed by atoms with Crippen molar-refractivity contribution in [2.75, 3.05) is 0 Å². The zero-order chi connectivity index (χ0) is 12.4. The fourth-order valence-electron chi connectivity index (χ4n) is 2.19. The van der Waals surface area contributed by atoms with Crippen LogP contribution in [0.2, 0.25) is 0 Å². The van der Waals surface area contributed by atoms with Crippen LogP contribution in [0, 0.1) is 0 Å². The normalized spacial score (nSPS) is 19.0. The van der Waals surface area contributed by atoms with Crippen molar-refractivity contribution in [2.24, 2.45) is 0 Å². The molecule has 1 atom stereocenters. The highest BCUT2D eigenvalue weighted by Crippen LogP contribution is 2.19. The van der Waals surface area contributed by atoms with Crippen LogP contribution in [0.1, 0.15) is 25.3 Å². The van der Waals surface area contributed by atoms with Gasteiger partial charge in [0.25, 0.3) is 0 Å². The summed E-state index contributed by atoms with van der Waals surface area (Å²) in [6.45, 7) is 0. The van der Waals surface area contributed by atoms with Crippen LogP contribution in [-0.4, -0.2) is 19.8 Å². The molecule has 0 N–H and O–H groups in total. The molecular weight excluding hydrogens is 228 g/mol. The number of rotatable bonds is 2. The van der Waals surface area contributed by atoms with Gasteiger partial charge in [0, 0.05) is 0 Å².